The van der Waals surface area contributed by atoms with Gasteiger partial charge in [-0.1, -0.05) is 158 Å². The summed E-state index contributed by atoms with van der Waals surface area (Å²) in [7, 11) is 3.06. The molecule has 0 aromatic heterocycles. The van der Waals surface area contributed by atoms with E-state index in [-0.39, 0.29) is 122 Å². The number of azo groups is 2. The molecule has 2 aliphatic carbocycles. The minimum absolute atomic E-state index is 0.00176. The van der Waals surface area contributed by atoms with E-state index in [1.807, 2.05) is 72.8 Å². The number of aromatic hydroxyl groups is 10. The first-order valence-corrected chi connectivity index (χ1v) is 32.8. The highest BCUT2D eigenvalue weighted by atomic mass is 16.5. The van der Waals surface area contributed by atoms with E-state index in [1.54, 1.807) is 133 Å². The lowest BCUT2D eigenvalue weighted by Crippen LogP contribution is -2.00. The standard InChI is InChI=1S/C84H70N4O12/c1-99-73-45-47(27-29-71(73)87-85-69-41-65-37-61-23-7-19-57(79(61)93)33-53-15-3-11-49(75(53)89)31-50-12-4-16-54(76(50)90)34-58-20-8-24-62(80(58)94)38-66(42-69)83(65)97)48-28-30-72(74(46-48)100-2)88-86-70-43-67-39-63-25-9-21-59(81(63)95)35-55-17-5-13-51(77(55)91)32-52-14-6-18-56(78(52)92)36-60-22-10-26-64(82(60)96)40-68(44-70)84(67)98/h3-30,41-46,89-98H,31-40H2,1-2H3. The smallest absolute Gasteiger partial charge is 0.146 e. The summed E-state index contributed by atoms with van der Waals surface area (Å²) in [4.78, 5) is 0. The van der Waals surface area contributed by atoms with Gasteiger partial charge >= 0.3 is 0 Å². The van der Waals surface area contributed by atoms with Crippen molar-refractivity contribution in [3.63, 3.8) is 0 Å². The summed E-state index contributed by atoms with van der Waals surface area (Å²) in [6.07, 6.45) is 1.67. The molecule has 0 radical (unpaired) electrons. The summed E-state index contributed by atoms with van der Waals surface area (Å²) in [6.45, 7) is 0. The van der Waals surface area contributed by atoms with Crippen LogP contribution >= 0.6 is 0 Å². The van der Waals surface area contributed by atoms with E-state index in [9.17, 15) is 51.1 Å². The van der Waals surface area contributed by atoms with Crippen molar-refractivity contribution in [3.05, 3.63) is 318 Å². The van der Waals surface area contributed by atoms with Gasteiger partial charge in [-0.3, -0.25) is 0 Å². The van der Waals surface area contributed by atoms with Gasteiger partial charge in [0.2, 0.25) is 0 Å². The minimum atomic E-state index is -0.0556. The molecular weight excluding hydrogens is 1260 g/mol. The van der Waals surface area contributed by atoms with Gasteiger partial charge in [-0.05, 0) is 149 Å². The number of fused-ring (bicyclic) bond motifs is 20. The van der Waals surface area contributed by atoms with Crippen molar-refractivity contribution in [1.29, 1.82) is 0 Å². The Balaban J connectivity index is 0.769. The highest BCUT2D eigenvalue weighted by molar-refractivity contribution is 5.74. The summed E-state index contributed by atoms with van der Waals surface area (Å²) >= 11 is 0. The van der Waals surface area contributed by atoms with E-state index in [0.29, 0.717) is 146 Å². The monoisotopic (exact) mass is 1330 g/mol. The first-order valence-electron chi connectivity index (χ1n) is 32.8. The Bertz CT molecular complexity index is 4700. The number of phenols is 10. The van der Waals surface area contributed by atoms with Gasteiger partial charge in [-0.25, -0.2) is 0 Å². The normalized spacial score (nSPS) is 13.0. The topological polar surface area (TPSA) is 270 Å². The zero-order valence-corrected chi connectivity index (χ0v) is 54.8. The Labute approximate surface area is 576 Å². The van der Waals surface area contributed by atoms with Gasteiger partial charge in [0.15, 0.2) is 0 Å². The van der Waals surface area contributed by atoms with Gasteiger partial charge in [0.1, 0.15) is 80.4 Å². The van der Waals surface area contributed by atoms with Crippen molar-refractivity contribution in [3.8, 4) is 80.1 Å². The predicted molar refractivity (Wildman–Crippen MR) is 382 cm³/mol. The largest absolute Gasteiger partial charge is 0.507 e. The molecule has 0 saturated carbocycles. The molecule has 100 heavy (non-hydrogen) atoms. The molecule has 0 amide bonds. The lowest BCUT2D eigenvalue weighted by Gasteiger charge is -2.17. The van der Waals surface area contributed by atoms with Crippen LogP contribution in [-0.4, -0.2) is 65.3 Å². The Morgan fingerprint density at radius 2 is 0.380 bits per heavy atom. The molecule has 20 bridgehead atoms. The molecule has 12 aromatic rings. The molecule has 0 fully saturated rings. The van der Waals surface area contributed by atoms with Crippen molar-refractivity contribution in [2.45, 2.75) is 64.2 Å². The van der Waals surface area contributed by atoms with E-state index in [2.05, 4.69) is 10.2 Å². The molecule has 0 saturated heterocycles. The highest BCUT2D eigenvalue weighted by Gasteiger charge is 2.24. The quantitative estimate of drug-likeness (QED) is 0.0668. The number of ether oxygens (including phenoxy) is 2. The molecule has 16 nitrogen and oxygen atoms in total. The molecule has 0 spiro atoms. The minimum Gasteiger partial charge on any atom is -0.507 e. The van der Waals surface area contributed by atoms with E-state index in [1.165, 1.54) is 14.2 Å². The van der Waals surface area contributed by atoms with Crippen LogP contribution in [-0.2, 0) is 64.2 Å². The number of hydrogen-bond donors (Lipinski definition) is 10. The Hall–Kier alpha value is -12.6. The fraction of sp³-hybridized carbons (Fsp3) is 0.143. The Morgan fingerprint density at radius 1 is 0.210 bits per heavy atom. The second-order valence-electron chi connectivity index (χ2n) is 25.6. The van der Waals surface area contributed by atoms with Gasteiger partial charge in [0.25, 0.3) is 0 Å². The average molecular weight is 1330 g/mol. The van der Waals surface area contributed by atoms with Crippen molar-refractivity contribution in [1.82, 2.24) is 0 Å². The second-order valence-corrected chi connectivity index (χ2v) is 25.6. The van der Waals surface area contributed by atoms with Gasteiger partial charge < -0.3 is 60.5 Å². The average Bonchev–Trinajstić information content (AvgIpc) is 0.892. The number of para-hydroxylation sites is 8. The van der Waals surface area contributed by atoms with Crippen molar-refractivity contribution in [2.24, 2.45) is 20.5 Å². The van der Waals surface area contributed by atoms with Crippen LogP contribution in [0.1, 0.15) is 111 Å². The number of phenolic OH excluding ortho intramolecular Hbond substituents is 10. The fourth-order valence-electron chi connectivity index (χ4n) is 13.7. The van der Waals surface area contributed by atoms with Crippen LogP contribution in [0.3, 0.4) is 0 Å². The van der Waals surface area contributed by atoms with Crippen LogP contribution in [0.25, 0.3) is 11.1 Å². The molecular formula is C84H70N4O12. The number of methoxy groups -OCH3 is 2. The molecule has 16 heteroatoms. The van der Waals surface area contributed by atoms with Crippen molar-refractivity contribution in [2.75, 3.05) is 14.2 Å². The lowest BCUT2D eigenvalue weighted by atomic mass is 9.91. The van der Waals surface area contributed by atoms with Crippen LogP contribution in [0.5, 0.6) is 69.0 Å². The lowest BCUT2D eigenvalue weighted by molar-refractivity contribution is 0.415. The van der Waals surface area contributed by atoms with Gasteiger partial charge in [-0.2, -0.15) is 10.2 Å². The molecule has 14 rings (SSSR count). The first-order chi connectivity index (χ1) is 48.5. The van der Waals surface area contributed by atoms with Gasteiger partial charge in [0.05, 0.1) is 25.6 Å². The van der Waals surface area contributed by atoms with E-state index >= 15 is 0 Å². The molecule has 0 heterocycles. The molecule has 0 atom stereocenters. The van der Waals surface area contributed by atoms with E-state index in [4.69, 9.17) is 19.7 Å². The SMILES string of the molecule is COc1cc(-c2ccc(N=Nc3cc4c(O)c(c3)Cc3cccc(c3O)Cc3cccc(c3O)Cc3cccc(c3O)Cc3cccc(c3O)C4)c(OC)c2)ccc1N=Nc1cc2c(O)c(c1)Cc1cccc(c1O)Cc1cccc(c1O)Cc1cccc(c1O)Cc1cccc(c1O)C2. The summed E-state index contributed by atoms with van der Waals surface area (Å²) in [5.74, 6) is 0.890. The fourth-order valence-corrected chi connectivity index (χ4v) is 13.7. The summed E-state index contributed by atoms with van der Waals surface area (Å²) in [6, 6.07) is 61.1. The Morgan fingerprint density at radius 3 is 0.560 bits per heavy atom. The molecule has 12 aromatic carbocycles. The van der Waals surface area contributed by atoms with E-state index in [0.717, 1.165) is 11.1 Å². The zero-order valence-electron chi connectivity index (χ0n) is 54.8. The third-order valence-corrected chi connectivity index (χ3v) is 19.2. The highest BCUT2D eigenvalue weighted by Crippen LogP contribution is 2.45. The molecule has 0 aliphatic heterocycles. The zero-order chi connectivity index (χ0) is 69.3. The number of rotatable bonds is 7. The second kappa shape index (κ2) is 27.5. The van der Waals surface area contributed by atoms with Crippen LogP contribution < -0.4 is 9.47 Å². The molecule has 0 unspecified atom stereocenters. The van der Waals surface area contributed by atoms with Crippen LogP contribution in [0.2, 0.25) is 0 Å². The number of benzene rings is 12. The molecule has 10 N–H and O–H groups in total. The maximum Gasteiger partial charge on any atom is 0.146 e. The summed E-state index contributed by atoms with van der Waals surface area (Å²) < 4.78 is 11.9. The van der Waals surface area contributed by atoms with Gasteiger partial charge in [0, 0.05) is 86.5 Å². The molecule has 2 aliphatic rings. The number of hydrogen-bond acceptors (Lipinski definition) is 16. The Kier molecular flexibility index (Phi) is 17.8. The maximum atomic E-state index is 12.1. The van der Waals surface area contributed by atoms with Crippen LogP contribution in [0.4, 0.5) is 22.7 Å². The van der Waals surface area contributed by atoms with E-state index < -0.39 is 0 Å². The van der Waals surface area contributed by atoms with Crippen LogP contribution in [0, 0.1) is 0 Å². The number of nitrogens with zero attached hydrogens (tertiary/aromatic N) is 4. The first kappa shape index (κ1) is 64.8. The predicted octanol–water partition coefficient (Wildman–Crippen LogP) is 17.8. The summed E-state index contributed by atoms with van der Waals surface area (Å²) in [5, 5.41) is 137. The summed E-state index contributed by atoms with van der Waals surface area (Å²) in [5.41, 5.74) is 13.8. The third-order valence-electron chi connectivity index (χ3n) is 19.2. The van der Waals surface area contributed by atoms with Gasteiger partial charge in [-0.15, -0.1) is 10.2 Å². The molecule has 498 valence electrons. The third kappa shape index (κ3) is 13.1. The maximum absolute atomic E-state index is 12.1. The van der Waals surface area contributed by atoms with Crippen LogP contribution in [0.15, 0.2) is 227 Å². The van der Waals surface area contributed by atoms with Crippen molar-refractivity contribution >= 4 is 22.7 Å². The van der Waals surface area contributed by atoms with Crippen molar-refractivity contribution < 1.29 is 60.5 Å².